The molecule has 82 valence electrons. The van der Waals surface area contributed by atoms with Crippen LogP contribution < -0.4 is 0 Å². The highest BCUT2D eigenvalue weighted by molar-refractivity contribution is 5.17. The normalized spacial score (nSPS) is 30.7. The van der Waals surface area contributed by atoms with Gasteiger partial charge in [0.2, 0.25) is 0 Å². The van der Waals surface area contributed by atoms with E-state index in [1.54, 1.807) is 6.20 Å². The molecule has 2 heterocycles. The first-order valence-corrected chi connectivity index (χ1v) is 5.07. The maximum absolute atomic E-state index is 9.57. The highest BCUT2D eigenvalue weighted by Gasteiger charge is 2.34. The van der Waals surface area contributed by atoms with Crippen molar-refractivity contribution in [3.63, 3.8) is 0 Å². The molecule has 1 aromatic heterocycles. The van der Waals surface area contributed by atoms with Gasteiger partial charge in [-0.15, -0.1) is 0 Å². The molecule has 1 aromatic rings. The molecule has 0 amide bonds. The average Bonchev–Trinajstić information content (AvgIpc) is 2.61. The summed E-state index contributed by atoms with van der Waals surface area (Å²) < 4.78 is 5.51. The molecule has 0 bridgehead atoms. The Hall–Kier alpha value is -0.970. The van der Waals surface area contributed by atoms with Crippen molar-refractivity contribution >= 4 is 0 Å². The van der Waals surface area contributed by atoms with Crippen molar-refractivity contribution in [2.75, 3.05) is 6.61 Å². The summed E-state index contributed by atoms with van der Waals surface area (Å²) in [6.45, 7) is 1.78. The molecule has 0 radical (unpaired) electrons. The second-order valence-electron chi connectivity index (χ2n) is 3.88. The van der Waals surface area contributed by atoms with Crippen LogP contribution in [0, 0.1) is 6.92 Å². The summed E-state index contributed by atoms with van der Waals surface area (Å²) in [5.74, 6) is 0. The van der Waals surface area contributed by atoms with Crippen LogP contribution in [0.5, 0.6) is 0 Å². The van der Waals surface area contributed by atoms with E-state index in [4.69, 9.17) is 9.84 Å². The standard InChI is InChI=1S/C11H15NO3/c1-7-2-3-8(5-12-7)10-4-9(14)11(6-13)15-10/h2-3,5,9-11,13-14H,4,6H2,1H3/t9-,10+,11+/m0/s1. The quantitative estimate of drug-likeness (QED) is 0.747. The third-order valence-corrected chi connectivity index (χ3v) is 2.71. The minimum absolute atomic E-state index is 0.142. The van der Waals surface area contributed by atoms with Gasteiger partial charge in [0, 0.05) is 18.3 Å². The minimum atomic E-state index is -0.582. The van der Waals surface area contributed by atoms with Gasteiger partial charge < -0.3 is 14.9 Å². The van der Waals surface area contributed by atoms with Crippen LogP contribution in [0.2, 0.25) is 0 Å². The minimum Gasteiger partial charge on any atom is -0.394 e. The Bertz CT molecular complexity index is 325. The van der Waals surface area contributed by atoms with Crippen molar-refractivity contribution in [2.45, 2.75) is 31.7 Å². The summed E-state index contributed by atoms with van der Waals surface area (Å²) in [6.07, 6.45) is 1.09. The third-order valence-electron chi connectivity index (χ3n) is 2.71. The summed E-state index contributed by atoms with van der Waals surface area (Å²) in [5, 5.41) is 18.5. The van der Waals surface area contributed by atoms with Gasteiger partial charge in [0.05, 0.1) is 18.8 Å². The Morgan fingerprint density at radius 1 is 1.53 bits per heavy atom. The number of aliphatic hydroxyl groups is 2. The molecule has 1 fully saturated rings. The molecule has 0 spiro atoms. The summed E-state index contributed by atoms with van der Waals surface area (Å²) in [6, 6.07) is 3.86. The summed E-state index contributed by atoms with van der Waals surface area (Å²) >= 11 is 0. The van der Waals surface area contributed by atoms with E-state index in [-0.39, 0.29) is 12.7 Å². The van der Waals surface area contributed by atoms with Crippen LogP contribution in [0.4, 0.5) is 0 Å². The molecule has 2 N–H and O–H groups in total. The Morgan fingerprint density at radius 2 is 2.33 bits per heavy atom. The van der Waals surface area contributed by atoms with E-state index in [2.05, 4.69) is 4.98 Å². The predicted octanol–water partition coefficient (Wildman–Crippen LogP) is 0.573. The molecule has 0 aliphatic carbocycles. The van der Waals surface area contributed by atoms with Gasteiger partial charge in [0.25, 0.3) is 0 Å². The predicted molar refractivity (Wildman–Crippen MR) is 54.3 cm³/mol. The number of ether oxygens (including phenoxy) is 1. The Labute approximate surface area is 88.5 Å². The van der Waals surface area contributed by atoms with Crippen LogP contribution in [0.3, 0.4) is 0 Å². The Morgan fingerprint density at radius 3 is 2.87 bits per heavy atom. The van der Waals surface area contributed by atoms with E-state index in [1.807, 2.05) is 19.1 Å². The van der Waals surface area contributed by atoms with Gasteiger partial charge in [-0.05, 0) is 18.6 Å². The SMILES string of the molecule is Cc1ccc([C@H]2C[C@H](O)[C@@H](CO)O2)cn1. The molecule has 1 aliphatic rings. The van der Waals surface area contributed by atoms with E-state index in [9.17, 15) is 5.11 Å². The van der Waals surface area contributed by atoms with Crippen molar-refractivity contribution in [2.24, 2.45) is 0 Å². The monoisotopic (exact) mass is 209 g/mol. The van der Waals surface area contributed by atoms with Gasteiger partial charge in [0.15, 0.2) is 0 Å². The molecule has 1 aliphatic heterocycles. The fourth-order valence-electron chi connectivity index (χ4n) is 1.78. The molecular formula is C11H15NO3. The van der Waals surface area contributed by atoms with Crippen LogP contribution in [0.25, 0.3) is 0 Å². The van der Waals surface area contributed by atoms with Gasteiger partial charge in [0.1, 0.15) is 6.10 Å². The lowest BCUT2D eigenvalue weighted by Gasteiger charge is -2.11. The number of hydrogen-bond acceptors (Lipinski definition) is 4. The number of rotatable bonds is 2. The van der Waals surface area contributed by atoms with E-state index < -0.39 is 12.2 Å². The van der Waals surface area contributed by atoms with E-state index >= 15 is 0 Å². The Kier molecular flexibility index (Phi) is 3.00. The maximum atomic E-state index is 9.57. The Balaban J connectivity index is 2.10. The second-order valence-corrected chi connectivity index (χ2v) is 3.88. The van der Waals surface area contributed by atoms with Crippen LogP contribution in [0.1, 0.15) is 23.8 Å². The maximum Gasteiger partial charge on any atom is 0.107 e. The lowest BCUT2D eigenvalue weighted by molar-refractivity contribution is -0.0226. The molecule has 3 atom stereocenters. The number of pyridine rings is 1. The number of aromatic nitrogens is 1. The van der Waals surface area contributed by atoms with Crippen LogP contribution in [-0.4, -0.2) is 34.0 Å². The first-order chi connectivity index (χ1) is 7.20. The lowest BCUT2D eigenvalue weighted by Crippen LogP contribution is -2.24. The summed E-state index contributed by atoms with van der Waals surface area (Å²) in [7, 11) is 0. The molecule has 15 heavy (non-hydrogen) atoms. The molecule has 0 unspecified atom stereocenters. The van der Waals surface area contributed by atoms with Crippen molar-refractivity contribution in [1.29, 1.82) is 0 Å². The topological polar surface area (TPSA) is 62.6 Å². The van der Waals surface area contributed by atoms with Crippen LogP contribution in [0.15, 0.2) is 18.3 Å². The fraction of sp³-hybridized carbons (Fsp3) is 0.545. The zero-order chi connectivity index (χ0) is 10.8. The molecule has 0 aromatic carbocycles. The van der Waals surface area contributed by atoms with Crippen molar-refractivity contribution in [1.82, 2.24) is 4.98 Å². The highest BCUT2D eigenvalue weighted by atomic mass is 16.5. The summed E-state index contributed by atoms with van der Waals surface area (Å²) in [4.78, 5) is 4.18. The van der Waals surface area contributed by atoms with Gasteiger partial charge in [-0.1, -0.05) is 6.07 Å². The number of aryl methyl sites for hydroxylation is 1. The van der Waals surface area contributed by atoms with Crippen molar-refractivity contribution in [3.05, 3.63) is 29.6 Å². The van der Waals surface area contributed by atoms with Crippen molar-refractivity contribution < 1.29 is 14.9 Å². The van der Waals surface area contributed by atoms with Crippen LogP contribution in [-0.2, 0) is 4.74 Å². The third kappa shape index (κ3) is 2.17. The molecular weight excluding hydrogens is 194 g/mol. The van der Waals surface area contributed by atoms with Crippen molar-refractivity contribution in [3.8, 4) is 0 Å². The molecule has 0 saturated carbocycles. The van der Waals surface area contributed by atoms with Gasteiger partial charge >= 0.3 is 0 Å². The number of hydrogen-bond donors (Lipinski definition) is 2. The first-order valence-electron chi connectivity index (χ1n) is 5.07. The van der Waals surface area contributed by atoms with E-state index in [0.29, 0.717) is 6.42 Å². The fourth-order valence-corrected chi connectivity index (χ4v) is 1.78. The highest BCUT2D eigenvalue weighted by Crippen LogP contribution is 2.32. The summed E-state index contributed by atoms with van der Waals surface area (Å²) in [5.41, 5.74) is 1.91. The number of nitrogens with zero attached hydrogens (tertiary/aromatic N) is 1. The smallest absolute Gasteiger partial charge is 0.107 e. The van der Waals surface area contributed by atoms with Gasteiger partial charge in [-0.25, -0.2) is 0 Å². The van der Waals surface area contributed by atoms with Gasteiger partial charge in [-0.3, -0.25) is 4.98 Å². The molecule has 4 heteroatoms. The van der Waals surface area contributed by atoms with E-state index in [0.717, 1.165) is 11.3 Å². The first kappa shape index (κ1) is 10.5. The van der Waals surface area contributed by atoms with Crippen LogP contribution >= 0.6 is 0 Å². The lowest BCUT2D eigenvalue weighted by atomic mass is 10.1. The molecule has 4 nitrogen and oxygen atoms in total. The second kappa shape index (κ2) is 4.26. The van der Waals surface area contributed by atoms with Gasteiger partial charge in [-0.2, -0.15) is 0 Å². The van der Waals surface area contributed by atoms with E-state index in [1.165, 1.54) is 0 Å². The molecule has 1 saturated heterocycles. The number of aliphatic hydroxyl groups excluding tert-OH is 2. The average molecular weight is 209 g/mol. The zero-order valence-corrected chi connectivity index (χ0v) is 8.63. The molecule has 2 rings (SSSR count). The largest absolute Gasteiger partial charge is 0.394 e. The zero-order valence-electron chi connectivity index (χ0n) is 8.63.